The molecule has 0 bridgehead atoms. The predicted molar refractivity (Wildman–Crippen MR) is 90.1 cm³/mol. The second-order valence-corrected chi connectivity index (χ2v) is 8.70. The molecule has 0 aromatic carbocycles. The zero-order chi connectivity index (χ0) is 14.8. The molecule has 0 radical (unpaired) electrons. The lowest BCUT2D eigenvalue weighted by atomic mass is 9.93. The minimum atomic E-state index is -0.761. The SMILES string of the molecule is O=C(O)CC(NC1CCCc2sc(Br)cc21)c1cccs1. The maximum Gasteiger partial charge on any atom is 0.305 e. The van der Waals surface area contributed by atoms with Gasteiger partial charge in [0.15, 0.2) is 0 Å². The van der Waals surface area contributed by atoms with Gasteiger partial charge < -0.3 is 10.4 Å². The molecule has 2 unspecified atom stereocenters. The van der Waals surface area contributed by atoms with Gasteiger partial charge in [-0.3, -0.25) is 4.79 Å². The maximum atomic E-state index is 11.2. The molecule has 0 spiro atoms. The molecule has 6 heteroatoms. The molecule has 2 aromatic rings. The summed E-state index contributed by atoms with van der Waals surface area (Å²) in [6.45, 7) is 0. The molecule has 0 aliphatic heterocycles. The molecule has 2 aromatic heterocycles. The average molecular weight is 386 g/mol. The predicted octanol–water partition coefficient (Wildman–Crippen LogP) is 4.76. The van der Waals surface area contributed by atoms with Gasteiger partial charge in [-0.25, -0.2) is 0 Å². The molecule has 3 rings (SSSR count). The smallest absolute Gasteiger partial charge is 0.305 e. The Morgan fingerprint density at radius 3 is 3.14 bits per heavy atom. The second-order valence-electron chi connectivity index (χ2n) is 5.21. The number of halogens is 1. The van der Waals surface area contributed by atoms with Crippen LogP contribution < -0.4 is 5.32 Å². The first kappa shape index (κ1) is 15.2. The highest BCUT2D eigenvalue weighted by atomic mass is 79.9. The number of carbonyl (C=O) groups is 1. The number of fused-ring (bicyclic) bond motifs is 1. The first-order chi connectivity index (χ1) is 10.1. The number of rotatable bonds is 5. The molecule has 0 saturated carbocycles. The average Bonchev–Trinajstić information content (AvgIpc) is 3.05. The van der Waals surface area contributed by atoms with Crippen molar-refractivity contribution >= 4 is 44.6 Å². The summed E-state index contributed by atoms with van der Waals surface area (Å²) in [7, 11) is 0. The molecule has 112 valence electrons. The van der Waals surface area contributed by atoms with Crippen molar-refractivity contribution in [3.63, 3.8) is 0 Å². The lowest BCUT2D eigenvalue weighted by Gasteiger charge is -2.28. The highest BCUT2D eigenvalue weighted by Gasteiger charge is 2.26. The van der Waals surface area contributed by atoms with Gasteiger partial charge >= 0.3 is 5.97 Å². The molecule has 1 aliphatic rings. The van der Waals surface area contributed by atoms with Gasteiger partial charge in [0.05, 0.1) is 16.2 Å². The van der Waals surface area contributed by atoms with Gasteiger partial charge in [0.1, 0.15) is 0 Å². The van der Waals surface area contributed by atoms with Gasteiger partial charge in [-0.2, -0.15) is 0 Å². The lowest BCUT2D eigenvalue weighted by Crippen LogP contribution is -2.29. The van der Waals surface area contributed by atoms with Crippen molar-refractivity contribution in [2.45, 2.75) is 37.8 Å². The van der Waals surface area contributed by atoms with E-state index >= 15 is 0 Å². The van der Waals surface area contributed by atoms with Crippen molar-refractivity contribution in [2.24, 2.45) is 0 Å². The summed E-state index contributed by atoms with van der Waals surface area (Å²) in [5, 5.41) is 14.7. The van der Waals surface area contributed by atoms with Crippen LogP contribution in [0.5, 0.6) is 0 Å². The van der Waals surface area contributed by atoms with Gasteiger partial charge in [-0.05, 0) is 58.3 Å². The topological polar surface area (TPSA) is 49.3 Å². The van der Waals surface area contributed by atoms with E-state index in [0.29, 0.717) is 0 Å². The summed E-state index contributed by atoms with van der Waals surface area (Å²) in [5.41, 5.74) is 1.34. The first-order valence-corrected chi connectivity index (χ1v) is 9.41. The van der Waals surface area contributed by atoms with E-state index in [4.69, 9.17) is 0 Å². The number of aliphatic carboxylic acids is 1. The van der Waals surface area contributed by atoms with Crippen molar-refractivity contribution in [3.8, 4) is 0 Å². The maximum absolute atomic E-state index is 11.2. The molecule has 2 N–H and O–H groups in total. The highest BCUT2D eigenvalue weighted by Crippen LogP contribution is 2.39. The Kier molecular flexibility index (Phi) is 4.78. The van der Waals surface area contributed by atoms with Crippen molar-refractivity contribution in [1.29, 1.82) is 0 Å². The molecule has 3 nitrogen and oxygen atoms in total. The zero-order valence-electron chi connectivity index (χ0n) is 11.3. The summed E-state index contributed by atoms with van der Waals surface area (Å²) < 4.78 is 1.16. The third-order valence-electron chi connectivity index (χ3n) is 3.75. The number of carboxylic acid groups (broad SMARTS) is 1. The quantitative estimate of drug-likeness (QED) is 0.779. The third kappa shape index (κ3) is 3.56. The van der Waals surface area contributed by atoms with Crippen molar-refractivity contribution in [2.75, 3.05) is 0 Å². The molecule has 1 aliphatic carbocycles. The normalized spacial score (nSPS) is 19.2. The van der Waals surface area contributed by atoms with Crippen LogP contribution in [0, 0.1) is 0 Å². The number of thiophene rings is 2. The second kappa shape index (κ2) is 6.60. The van der Waals surface area contributed by atoms with Gasteiger partial charge in [0, 0.05) is 15.8 Å². The van der Waals surface area contributed by atoms with Crippen LogP contribution in [0.1, 0.15) is 46.7 Å². The Balaban J connectivity index is 1.81. The van der Waals surface area contributed by atoms with E-state index in [-0.39, 0.29) is 18.5 Å². The first-order valence-electron chi connectivity index (χ1n) is 6.93. The van der Waals surface area contributed by atoms with Gasteiger partial charge in [0.2, 0.25) is 0 Å². The molecular weight excluding hydrogens is 370 g/mol. The van der Waals surface area contributed by atoms with E-state index < -0.39 is 5.97 Å². The Morgan fingerprint density at radius 2 is 2.43 bits per heavy atom. The Hall–Kier alpha value is -0.690. The summed E-state index contributed by atoms with van der Waals surface area (Å²) in [4.78, 5) is 13.7. The molecule has 2 atom stereocenters. The minimum absolute atomic E-state index is 0.114. The molecule has 0 saturated heterocycles. The number of carboxylic acids is 1. The van der Waals surface area contributed by atoms with E-state index in [1.807, 2.05) is 17.5 Å². The van der Waals surface area contributed by atoms with Crippen LogP contribution in [0.15, 0.2) is 27.4 Å². The summed E-state index contributed by atoms with van der Waals surface area (Å²) in [5.74, 6) is -0.761. The van der Waals surface area contributed by atoms with Crippen LogP contribution in [-0.4, -0.2) is 11.1 Å². The Labute approximate surface area is 140 Å². The number of aryl methyl sites for hydroxylation is 1. The van der Waals surface area contributed by atoms with Gasteiger partial charge in [-0.15, -0.1) is 22.7 Å². The van der Waals surface area contributed by atoms with Gasteiger partial charge in [-0.1, -0.05) is 6.07 Å². The van der Waals surface area contributed by atoms with E-state index in [0.717, 1.165) is 27.9 Å². The zero-order valence-corrected chi connectivity index (χ0v) is 14.6. The van der Waals surface area contributed by atoms with Crippen LogP contribution in [-0.2, 0) is 11.2 Å². The lowest BCUT2D eigenvalue weighted by molar-refractivity contribution is -0.137. The van der Waals surface area contributed by atoms with Crippen molar-refractivity contribution in [3.05, 3.63) is 42.7 Å². The fraction of sp³-hybridized carbons (Fsp3) is 0.400. The molecule has 0 amide bonds. The Bertz CT molecular complexity index is 624. The summed E-state index contributed by atoms with van der Waals surface area (Å²) in [6, 6.07) is 6.31. The van der Waals surface area contributed by atoms with Gasteiger partial charge in [0.25, 0.3) is 0 Å². The van der Waals surface area contributed by atoms with Crippen LogP contribution >= 0.6 is 38.6 Å². The minimum Gasteiger partial charge on any atom is -0.481 e. The van der Waals surface area contributed by atoms with Crippen molar-refractivity contribution in [1.82, 2.24) is 5.32 Å². The Morgan fingerprint density at radius 1 is 1.57 bits per heavy atom. The molecule has 0 fully saturated rings. The molecule has 21 heavy (non-hydrogen) atoms. The van der Waals surface area contributed by atoms with Crippen LogP contribution in [0.3, 0.4) is 0 Å². The fourth-order valence-corrected chi connectivity index (χ4v) is 5.45. The molecule has 2 heterocycles. The van der Waals surface area contributed by atoms with E-state index in [1.165, 1.54) is 10.4 Å². The number of nitrogens with one attached hydrogen (secondary N) is 1. The van der Waals surface area contributed by atoms with Crippen LogP contribution in [0.4, 0.5) is 0 Å². The highest BCUT2D eigenvalue weighted by molar-refractivity contribution is 9.11. The largest absolute Gasteiger partial charge is 0.481 e. The summed E-state index contributed by atoms with van der Waals surface area (Å²) >= 11 is 6.97. The van der Waals surface area contributed by atoms with Crippen molar-refractivity contribution < 1.29 is 9.90 Å². The number of hydrogen-bond donors (Lipinski definition) is 2. The number of hydrogen-bond acceptors (Lipinski definition) is 4. The standard InChI is InChI=1S/C15H16BrNO2S2/c16-14-7-9-10(3-1-4-12(9)21-14)17-11(8-15(18)19)13-5-2-6-20-13/h2,5-7,10-11,17H,1,3-4,8H2,(H,18,19). The van der Waals surface area contributed by atoms with E-state index in [1.54, 1.807) is 22.7 Å². The molecular formula is C15H16BrNO2S2. The van der Waals surface area contributed by atoms with E-state index in [9.17, 15) is 9.90 Å². The fourth-order valence-electron chi connectivity index (χ4n) is 2.84. The van der Waals surface area contributed by atoms with E-state index in [2.05, 4.69) is 27.3 Å². The van der Waals surface area contributed by atoms with Crippen LogP contribution in [0.2, 0.25) is 0 Å². The monoisotopic (exact) mass is 385 g/mol. The third-order valence-corrected chi connectivity index (χ3v) is 6.45. The van der Waals surface area contributed by atoms with Crippen LogP contribution in [0.25, 0.3) is 0 Å². The summed E-state index contributed by atoms with van der Waals surface area (Å²) in [6.07, 6.45) is 3.48.